The van der Waals surface area contributed by atoms with Gasteiger partial charge in [0.2, 0.25) is 0 Å². The Morgan fingerprint density at radius 1 is 0.868 bits per heavy atom. The summed E-state index contributed by atoms with van der Waals surface area (Å²) in [5, 5.41) is 0.634. The molecule has 1 saturated carbocycles. The number of methoxy groups -OCH3 is 2. The minimum atomic E-state index is -0.0000291. The molecule has 1 unspecified atom stereocenters. The Kier molecular flexibility index (Phi) is 6.90. The molecule has 0 amide bonds. The first-order chi connectivity index (χ1) is 18.6. The number of ether oxygens (including phenoxy) is 2. The minimum absolute atomic E-state index is 0.0000291. The lowest BCUT2D eigenvalue weighted by atomic mass is 9.97. The van der Waals surface area contributed by atoms with Crippen molar-refractivity contribution in [3.63, 3.8) is 0 Å². The van der Waals surface area contributed by atoms with Crippen molar-refractivity contribution in [3.8, 4) is 34.0 Å². The topological polar surface area (TPSA) is 56.6 Å². The van der Waals surface area contributed by atoms with Crippen LogP contribution < -0.4 is 15.0 Å². The molecular formula is C32H35N3O3. The standard InChI is InChI=1S/C32H35N3O3/c1-37-26-9-5-8-24(17-26)25-14-15-29-28(18-25)32(36)35(31(33-29)27-10-3-4-11-30(27)38-2)21-23-7-6-16-34(20-23)19-22-12-13-22/h3-5,8-11,14-15,17-18,22-23H,6-7,12-13,16,19-21H2,1-2H3. The van der Waals surface area contributed by atoms with Crippen molar-refractivity contribution in [2.75, 3.05) is 33.9 Å². The summed E-state index contributed by atoms with van der Waals surface area (Å²) in [6.07, 6.45) is 5.03. The van der Waals surface area contributed by atoms with Crippen LogP contribution in [0.25, 0.3) is 33.4 Å². The molecule has 1 saturated heterocycles. The monoisotopic (exact) mass is 509 g/mol. The van der Waals surface area contributed by atoms with Gasteiger partial charge in [-0.1, -0.05) is 30.3 Å². The van der Waals surface area contributed by atoms with Gasteiger partial charge in [0.25, 0.3) is 5.56 Å². The summed E-state index contributed by atoms with van der Waals surface area (Å²) in [5.41, 5.74) is 3.52. The van der Waals surface area contributed by atoms with Gasteiger partial charge in [0.1, 0.15) is 17.3 Å². The zero-order valence-electron chi connectivity index (χ0n) is 22.2. The Bertz CT molecular complexity index is 1510. The summed E-state index contributed by atoms with van der Waals surface area (Å²) in [5.74, 6) is 3.47. The van der Waals surface area contributed by atoms with E-state index >= 15 is 0 Å². The average Bonchev–Trinajstić information content (AvgIpc) is 3.78. The Morgan fingerprint density at radius 2 is 1.71 bits per heavy atom. The zero-order valence-corrected chi connectivity index (χ0v) is 22.2. The lowest BCUT2D eigenvalue weighted by molar-refractivity contribution is 0.156. The third kappa shape index (κ3) is 5.05. The number of likely N-dealkylation sites (tertiary alicyclic amines) is 1. The van der Waals surface area contributed by atoms with Crippen LogP contribution in [-0.4, -0.2) is 48.3 Å². The molecule has 6 heteroatoms. The van der Waals surface area contributed by atoms with Crippen molar-refractivity contribution in [1.29, 1.82) is 0 Å². The highest BCUT2D eigenvalue weighted by Crippen LogP contribution is 2.33. The van der Waals surface area contributed by atoms with Crippen LogP contribution in [0, 0.1) is 11.8 Å². The van der Waals surface area contributed by atoms with Gasteiger partial charge in [0.05, 0.1) is 30.7 Å². The molecular weight excluding hydrogens is 474 g/mol. The van der Waals surface area contributed by atoms with Gasteiger partial charge in [0, 0.05) is 19.6 Å². The molecule has 1 aromatic heterocycles. The largest absolute Gasteiger partial charge is 0.497 e. The maximum absolute atomic E-state index is 14.2. The Hall–Kier alpha value is -3.64. The maximum Gasteiger partial charge on any atom is 0.261 e. The van der Waals surface area contributed by atoms with E-state index in [2.05, 4.69) is 4.90 Å². The van der Waals surface area contributed by atoms with E-state index in [1.54, 1.807) is 14.2 Å². The average molecular weight is 510 g/mol. The molecule has 2 heterocycles. The molecule has 0 spiro atoms. The van der Waals surface area contributed by atoms with Crippen molar-refractivity contribution in [2.45, 2.75) is 32.2 Å². The summed E-state index contributed by atoms with van der Waals surface area (Å²) in [7, 11) is 3.33. The smallest absolute Gasteiger partial charge is 0.261 e. The second-order valence-electron chi connectivity index (χ2n) is 10.7. The van der Waals surface area contributed by atoms with Gasteiger partial charge >= 0.3 is 0 Å². The number of hydrogen-bond donors (Lipinski definition) is 0. The molecule has 0 bridgehead atoms. The zero-order chi connectivity index (χ0) is 26.1. The summed E-state index contributed by atoms with van der Waals surface area (Å²) >= 11 is 0. The van der Waals surface area contributed by atoms with Gasteiger partial charge < -0.3 is 14.4 Å². The number of fused-ring (bicyclic) bond motifs is 1. The van der Waals surface area contributed by atoms with Crippen LogP contribution in [0.15, 0.2) is 71.5 Å². The third-order valence-electron chi connectivity index (χ3n) is 7.96. The van der Waals surface area contributed by atoms with Crippen molar-refractivity contribution in [1.82, 2.24) is 14.5 Å². The van der Waals surface area contributed by atoms with Crippen LogP contribution in [0.1, 0.15) is 25.7 Å². The predicted octanol–water partition coefficient (Wildman–Crippen LogP) is 5.87. The molecule has 3 aromatic carbocycles. The lowest BCUT2D eigenvalue weighted by Crippen LogP contribution is -2.39. The van der Waals surface area contributed by atoms with Crippen LogP contribution >= 0.6 is 0 Å². The summed E-state index contributed by atoms with van der Waals surface area (Å²) in [6.45, 7) is 4.06. The number of piperidine rings is 1. The number of nitrogens with zero attached hydrogens (tertiary/aromatic N) is 3. The fourth-order valence-electron chi connectivity index (χ4n) is 5.80. The number of hydrogen-bond acceptors (Lipinski definition) is 5. The molecule has 0 radical (unpaired) electrons. The Labute approximate surface area is 223 Å². The number of para-hydroxylation sites is 1. The molecule has 4 aromatic rings. The molecule has 6 rings (SSSR count). The highest BCUT2D eigenvalue weighted by Gasteiger charge is 2.28. The van der Waals surface area contributed by atoms with E-state index in [4.69, 9.17) is 14.5 Å². The van der Waals surface area contributed by atoms with E-state index in [-0.39, 0.29) is 5.56 Å². The van der Waals surface area contributed by atoms with Crippen LogP contribution in [0.2, 0.25) is 0 Å². The quantitative estimate of drug-likeness (QED) is 0.297. The first kappa shape index (κ1) is 24.7. The Morgan fingerprint density at radius 3 is 2.53 bits per heavy atom. The predicted molar refractivity (Wildman–Crippen MR) is 152 cm³/mol. The third-order valence-corrected chi connectivity index (χ3v) is 7.96. The van der Waals surface area contributed by atoms with E-state index < -0.39 is 0 Å². The molecule has 2 fully saturated rings. The first-order valence-electron chi connectivity index (χ1n) is 13.7. The molecule has 6 nitrogen and oxygen atoms in total. The van der Waals surface area contributed by atoms with Crippen molar-refractivity contribution < 1.29 is 9.47 Å². The molecule has 38 heavy (non-hydrogen) atoms. The minimum Gasteiger partial charge on any atom is -0.497 e. The van der Waals surface area contributed by atoms with Gasteiger partial charge in [-0.05, 0) is 91.6 Å². The number of aromatic nitrogens is 2. The molecule has 196 valence electrons. The highest BCUT2D eigenvalue weighted by atomic mass is 16.5. The second-order valence-corrected chi connectivity index (χ2v) is 10.7. The molecule has 1 aliphatic heterocycles. The fraction of sp³-hybridized carbons (Fsp3) is 0.375. The molecule has 2 aliphatic rings. The van der Waals surface area contributed by atoms with Gasteiger partial charge in [0.15, 0.2) is 0 Å². The lowest BCUT2D eigenvalue weighted by Gasteiger charge is -2.33. The van der Waals surface area contributed by atoms with E-state index in [0.29, 0.717) is 29.2 Å². The summed E-state index contributed by atoms with van der Waals surface area (Å²) in [6, 6.07) is 21.7. The summed E-state index contributed by atoms with van der Waals surface area (Å²) < 4.78 is 13.0. The van der Waals surface area contributed by atoms with Crippen LogP contribution in [-0.2, 0) is 6.54 Å². The normalized spacial score (nSPS) is 18.0. The van der Waals surface area contributed by atoms with Gasteiger partial charge in [-0.2, -0.15) is 0 Å². The van der Waals surface area contributed by atoms with E-state index in [1.807, 2.05) is 71.3 Å². The van der Waals surface area contributed by atoms with E-state index in [1.165, 1.54) is 32.4 Å². The number of benzene rings is 3. The maximum atomic E-state index is 14.2. The van der Waals surface area contributed by atoms with Crippen molar-refractivity contribution in [2.24, 2.45) is 11.8 Å². The van der Waals surface area contributed by atoms with Crippen molar-refractivity contribution in [3.05, 3.63) is 77.1 Å². The van der Waals surface area contributed by atoms with Gasteiger partial charge in [-0.3, -0.25) is 9.36 Å². The van der Waals surface area contributed by atoms with E-state index in [9.17, 15) is 4.79 Å². The SMILES string of the molecule is COc1cccc(-c2ccc3nc(-c4ccccc4OC)n(CC4CCCN(CC5CC5)C4)c(=O)c3c2)c1. The molecule has 1 atom stereocenters. The highest BCUT2D eigenvalue weighted by molar-refractivity contribution is 5.85. The van der Waals surface area contributed by atoms with E-state index in [0.717, 1.165) is 47.1 Å². The van der Waals surface area contributed by atoms with Gasteiger partial charge in [-0.15, -0.1) is 0 Å². The van der Waals surface area contributed by atoms with Crippen LogP contribution in [0.3, 0.4) is 0 Å². The first-order valence-corrected chi connectivity index (χ1v) is 13.7. The molecule has 1 aliphatic carbocycles. The van der Waals surface area contributed by atoms with Crippen LogP contribution in [0.4, 0.5) is 0 Å². The van der Waals surface area contributed by atoms with Gasteiger partial charge in [-0.25, -0.2) is 4.98 Å². The summed E-state index contributed by atoms with van der Waals surface area (Å²) in [4.78, 5) is 21.9. The number of rotatable bonds is 8. The fourth-order valence-corrected chi connectivity index (χ4v) is 5.80. The second kappa shape index (κ2) is 10.6. The van der Waals surface area contributed by atoms with Crippen LogP contribution in [0.5, 0.6) is 11.5 Å². The Balaban J connectivity index is 1.45. The van der Waals surface area contributed by atoms with Crippen molar-refractivity contribution >= 4 is 10.9 Å². The molecule has 0 N–H and O–H groups in total.